The van der Waals surface area contributed by atoms with E-state index in [4.69, 9.17) is 0 Å². The molecule has 1 heterocycles. The molecule has 0 spiro atoms. The lowest BCUT2D eigenvalue weighted by atomic mass is 9.99. The van der Waals surface area contributed by atoms with Crippen LogP contribution in [-0.2, 0) is 11.3 Å². The third-order valence-electron chi connectivity index (χ3n) is 3.31. The highest BCUT2D eigenvalue weighted by molar-refractivity contribution is 5.81. The molecule has 1 aliphatic rings. The Morgan fingerprint density at radius 2 is 2.11 bits per heavy atom. The molecule has 3 nitrogen and oxygen atoms in total. The van der Waals surface area contributed by atoms with Crippen LogP contribution in [0.3, 0.4) is 0 Å². The molecule has 18 heavy (non-hydrogen) atoms. The van der Waals surface area contributed by atoms with Gasteiger partial charge in [-0.2, -0.15) is 0 Å². The number of carbonyl (C=O) groups is 1. The Hall–Kier alpha value is -1.42. The summed E-state index contributed by atoms with van der Waals surface area (Å²) in [5.74, 6) is -0.223. The molecule has 2 rings (SSSR count). The number of halogens is 1. The average molecular weight is 250 g/mol. The van der Waals surface area contributed by atoms with Gasteiger partial charge < -0.3 is 10.6 Å². The standard InChI is InChI=1S/C14H19FN2O/c1-10-3-2-4-13(17-10)14(18)16-9-11-5-7-12(15)8-6-11/h5-8,10,13,17H,2-4,9H2,1H3,(H,16,18). The van der Waals surface area contributed by atoms with Crippen molar-refractivity contribution in [3.05, 3.63) is 35.6 Å². The van der Waals surface area contributed by atoms with Gasteiger partial charge in [-0.25, -0.2) is 4.39 Å². The molecular weight excluding hydrogens is 231 g/mol. The van der Waals surface area contributed by atoms with Crippen LogP contribution >= 0.6 is 0 Å². The zero-order valence-corrected chi connectivity index (χ0v) is 10.6. The molecule has 2 N–H and O–H groups in total. The van der Waals surface area contributed by atoms with Crippen molar-refractivity contribution in [2.75, 3.05) is 0 Å². The molecule has 1 fully saturated rings. The lowest BCUT2D eigenvalue weighted by Crippen LogP contribution is -2.49. The Kier molecular flexibility index (Phi) is 4.31. The molecule has 1 amide bonds. The summed E-state index contributed by atoms with van der Waals surface area (Å²) in [5.41, 5.74) is 0.911. The fourth-order valence-electron chi connectivity index (χ4n) is 2.26. The summed E-state index contributed by atoms with van der Waals surface area (Å²) in [6, 6.07) is 6.50. The Balaban J connectivity index is 1.82. The molecule has 0 radical (unpaired) electrons. The molecular formula is C14H19FN2O. The number of hydrogen-bond donors (Lipinski definition) is 2. The minimum Gasteiger partial charge on any atom is -0.351 e. The van der Waals surface area contributed by atoms with Gasteiger partial charge in [-0.1, -0.05) is 12.1 Å². The van der Waals surface area contributed by atoms with E-state index in [0.717, 1.165) is 24.8 Å². The highest BCUT2D eigenvalue weighted by Gasteiger charge is 2.23. The van der Waals surface area contributed by atoms with Gasteiger partial charge in [0.05, 0.1) is 6.04 Å². The van der Waals surface area contributed by atoms with Crippen molar-refractivity contribution in [1.82, 2.24) is 10.6 Å². The molecule has 2 unspecified atom stereocenters. The second kappa shape index (κ2) is 5.96. The van der Waals surface area contributed by atoms with Crippen LogP contribution in [0.5, 0.6) is 0 Å². The van der Waals surface area contributed by atoms with E-state index in [1.165, 1.54) is 12.1 Å². The smallest absolute Gasteiger partial charge is 0.237 e. The Morgan fingerprint density at radius 1 is 1.39 bits per heavy atom. The summed E-state index contributed by atoms with van der Waals surface area (Å²) < 4.78 is 12.7. The number of piperidine rings is 1. The van der Waals surface area contributed by atoms with Crippen LogP contribution in [0.25, 0.3) is 0 Å². The molecule has 0 aliphatic carbocycles. The highest BCUT2D eigenvalue weighted by Crippen LogP contribution is 2.12. The van der Waals surface area contributed by atoms with Crippen LogP contribution in [0.2, 0.25) is 0 Å². The van der Waals surface area contributed by atoms with E-state index in [-0.39, 0.29) is 17.8 Å². The summed E-state index contributed by atoms with van der Waals surface area (Å²) in [6.45, 7) is 2.55. The normalized spacial score (nSPS) is 23.7. The van der Waals surface area contributed by atoms with Gasteiger partial charge in [0, 0.05) is 12.6 Å². The first-order valence-electron chi connectivity index (χ1n) is 6.43. The molecule has 0 saturated carbocycles. The highest BCUT2D eigenvalue weighted by atomic mass is 19.1. The van der Waals surface area contributed by atoms with Crippen LogP contribution in [0.15, 0.2) is 24.3 Å². The van der Waals surface area contributed by atoms with Crippen molar-refractivity contribution in [3.8, 4) is 0 Å². The second-order valence-electron chi connectivity index (χ2n) is 4.90. The van der Waals surface area contributed by atoms with Gasteiger partial charge in [0.15, 0.2) is 0 Å². The summed E-state index contributed by atoms with van der Waals surface area (Å²) in [4.78, 5) is 11.9. The fourth-order valence-corrected chi connectivity index (χ4v) is 2.26. The van der Waals surface area contributed by atoms with Crippen molar-refractivity contribution in [3.63, 3.8) is 0 Å². The van der Waals surface area contributed by atoms with Gasteiger partial charge in [0.2, 0.25) is 5.91 Å². The van der Waals surface area contributed by atoms with Crippen molar-refractivity contribution in [2.24, 2.45) is 0 Å². The molecule has 1 saturated heterocycles. The van der Waals surface area contributed by atoms with Crippen molar-refractivity contribution in [2.45, 2.75) is 44.8 Å². The first kappa shape index (κ1) is 13.0. The van der Waals surface area contributed by atoms with Crippen molar-refractivity contribution >= 4 is 5.91 Å². The van der Waals surface area contributed by atoms with Gasteiger partial charge in [0.1, 0.15) is 5.82 Å². The average Bonchev–Trinajstić information content (AvgIpc) is 2.38. The molecule has 0 aromatic heterocycles. The van der Waals surface area contributed by atoms with Gasteiger partial charge in [-0.15, -0.1) is 0 Å². The van der Waals surface area contributed by atoms with E-state index >= 15 is 0 Å². The number of amides is 1. The first-order chi connectivity index (χ1) is 8.65. The van der Waals surface area contributed by atoms with E-state index in [2.05, 4.69) is 17.6 Å². The maximum atomic E-state index is 12.7. The summed E-state index contributed by atoms with van der Waals surface area (Å²) in [6.07, 6.45) is 3.10. The summed E-state index contributed by atoms with van der Waals surface area (Å²) >= 11 is 0. The number of carbonyl (C=O) groups excluding carboxylic acids is 1. The number of benzene rings is 1. The van der Waals surface area contributed by atoms with E-state index in [1.807, 2.05) is 0 Å². The van der Waals surface area contributed by atoms with Crippen molar-refractivity contribution < 1.29 is 9.18 Å². The maximum absolute atomic E-state index is 12.7. The van der Waals surface area contributed by atoms with Gasteiger partial charge in [0.25, 0.3) is 0 Å². The monoisotopic (exact) mass is 250 g/mol. The van der Waals surface area contributed by atoms with E-state index in [0.29, 0.717) is 12.6 Å². The fraction of sp³-hybridized carbons (Fsp3) is 0.500. The molecule has 0 bridgehead atoms. The molecule has 1 aromatic carbocycles. The van der Waals surface area contributed by atoms with Gasteiger partial charge in [-0.3, -0.25) is 4.79 Å². The third kappa shape index (κ3) is 3.53. The maximum Gasteiger partial charge on any atom is 0.237 e. The Bertz CT molecular complexity index is 405. The lowest BCUT2D eigenvalue weighted by Gasteiger charge is -2.27. The summed E-state index contributed by atoms with van der Waals surface area (Å²) in [5, 5.41) is 6.17. The SMILES string of the molecule is CC1CCCC(C(=O)NCc2ccc(F)cc2)N1. The predicted molar refractivity (Wildman–Crippen MR) is 68.5 cm³/mol. The molecule has 1 aliphatic heterocycles. The van der Waals surface area contributed by atoms with E-state index in [9.17, 15) is 9.18 Å². The first-order valence-corrected chi connectivity index (χ1v) is 6.43. The Labute approximate surface area is 107 Å². The number of hydrogen-bond acceptors (Lipinski definition) is 2. The molecule has 1 aromatic rings. The lowest BCUT2D eigenvalue weighted by molar-refractivity contribution is -0.124. The minimum atomic E-state index is -0.257. The van der Waals surface area contributed by atoms with E-state index in [1.54, 1.807) is 12.1 Å². The summed E-state index contributed by atoms with van der Waals surface area (Å²) in [7, 11) is 0. The van der Waals surface area contributed by atoms with Crippen molar-refractivity contribution in [1.29, 1.82) is 0 Å². The molecule has 98 valence electrons. The van der Waals surface area contributed by atoms with Crippen LogP contribution in [-0.4, -0.2) is 18.0 Å². The predicted octanol–water partition coefficient (Wildman–Crippen LogP) is 1.97. The molecule has 4 heteroatoms. The molecule has 2 atom stereocenters. The minimum absolute atomic E-state index is 0.0332. The zero-order chi connectivity index (χ0) is 13.0. The van der Waals surface area contributed by atoms with Gasteiger partial charge >= 0.3 is 0 Å². The van der Waals surface area contributed by atoms with Crippen LogP contribution in [0.1, 0.15) is 31.7 Å². The second-order valence-corrected chi connectivity index (χ2v) is 4.90. The van der Waals surface area contributed by atoms with Crippen LogP contribution in [0, 0.1) is 5.82 Å². The largest absolute Gasteiger partial charge is 0.351 e. The van der Waals surface area contributed by atoms with Gasteiger partial charge in [-0.05, 0) is 43.9 Å². The quantitative estimate of drug-likeness (QED) is 0.861. The Morgan fingerprint density at radius 3 is 2.78 bits per heavy atom. The van der Waals surface area contributed by atoms with Crippen LogP contribution in [0.4, 0.5) is 4.39 Å². The van der Waals surface area contributed by atoms with Crippen LogP contribution < -0.4 is 10.6 Å². The third-order valence-corrected chi connectivity index (χ3v) is 3.31. The van der Waals surface area contributed by atoms with E-state index < -0.39 is 0 Å². The number of rotatable bonds is 3. The zero-order valence-electron chi connectivity index (χ0n) is 10.6. The topological polar surface area (TPSA) is 41.1 Å². The number of nitrogens with one attached hydrogen (secondary N) is 2.